The summed E-state index contributed by atoms with van der Waals surface area (Å²) in [5.74, 6) is -2.12. The first-order valence-electron chi connectivity index (χ1n) is 15.9. The number of carbonyl (C=O) groups is 3. The number of ether oxygens (including phenoxy) is 1. The lowest BCUT2D eigenvalue weighted by Crippen LogP contribution is -2.56. The summed E-state index contributed by atoms with van der Waals surface area (Å²) in [4.78, 5) is 49.2. The monoisotopic (exact) mass is 597 g/mol. The Morgan fingerprint density at radius 2 is 1.52 bits per heavy atom. The summed E-state index contributed by atoms with van der Waals surface area (Å²) >= 11 is 0. The number of fused-ring (bicyclic) bond motifs is 2. The molecule has 0 saturated carbocycles. The molecule has 4 aliphatic rings. The highest BCUT2D eigenvalue weighted by Gasteiger charge is 2.74. The largest absolute Gasteiger partial charge is 0.396 e. The van der Waals surface area contributed by atoms with E-state index in [0.717, 1.165) is 35.2 Å². The number of anilines is 1. The van der Waals surface area contributed by atoms with Crippen molar-refractivity contribution in [1.29, 1.82) is 0 Å². The number of benzene rings is 2. The number of rotatable bonds is 9. The molecule has 1 spiro atoms. The molecule has 0 bridgehead atoms. The van der Waals surface area contributed by atoms with Gasteiger partial charge in [-0.2, -0.15) is 0 Å². The van der Waals surface area contributed by atoms with Crippen LogP contribution in [0, 0.1) is 25.7 Å². The van der Waals surface area contributed by atoms with Gasteiger partial charge in [0.25, 0.3) is 5.91 Å². The molecule has 8 nitrogen and oxygen atoms in total. The number of carbonyl (C=O) groups excluding carboxylic acids is 3. The Balaban J connectivity index is 1.41. The second kappa shape index (κ2) is 12.0. The zero-order chi connectivity index (χ0) is 31.1. The summed E-state index contributed by atoms with van der Waals surface area (Å²) in [6.07, 6.45) is 10.8. The van der Waals surface area contributed by atoms with Gasteiger partial charge < -0.3 is 24.5 Å². The molecule has 4 heterocycles. The van der Waals surface area contributed by atoms with Gasteiger partial charge in [-0.05, 0) is 50.3 Å². The van der Waals surface area contributed by atoms with Gasteiger partial charge in [-0.1, -0.05) is 85.7 Å². The van der Waals surface area contributed by atoms with Crippen molar-refractivity contribution in [3.63, 3.8) is 0 Å². The van der Waals surface area contributed by atoms with Gasteiger partial charge in [0.15, 0.2) is 0 Å². The molecule has 0 aromatic heterocycles. The van der Waals surface area contributed by atoms with Gasteiger partial charge in [0.05, 0.1) is 17.4 Å². The first kappa shape index (κ1) is 30.3. The Hall–Kier alpha value is -3.75. The summed E-state index contributed by atoms with van der Waals surface area (Å²) < 4.78 is 6.99. The number of unbranched alkanes of at least 4 members (excludes halogenated alkanes) is 3. The number of para-hydroxylation sites is 1. The Morgan fingerprint density at radius 1 is 0.818 bits per heavy atom. The van der Waals surface area contributed by atoms with Crippen molar-refractivity contribution in [1.82, 2.24) is 9.80 Å². The molecule has 44 heavy (non-hydrogen) atoms. The van der Waals surface area contributed by atoms with Crippen LogP contribution in [0.1, 0.15) is 49.3 Å². The maximum Gasteiger partial charge on any atom is 0.253 e. The topological polar surface area (TPSA) is 90.4 Å². The van der Waals surface area contributed by atoms with Crippen molar-refractivity contribution < 1.29 is 24.2 Å². The smallest absolute Gasteiger partial charge is 0.253 e. The molecule has 8 heteroatoms. The zero-order valence-electron chi connectivity index (χ0n) is 25.9. The van der Waals surface area contributed by atoms with Crippen LogP contribution in [0.2, 0.25) is 0 Å². The third-order valence-electron chi connectivity index (χ3n) is 9.87. The van der Waals surface area contributed by atoms with E-state index in [0.29, 0.717) is 39.0 Å². The molecular formula is C36H43N3O5. The summed E-state index contributed by atoms with van der Waals surface area (Å²) in [5.41, 5.74) is 1.50. The van der Waals surface area contributed by atoms with Crippen molar-refractivity contribution in [3.05, 3.63) is 89.5 Å². The second-order valence-corrected chi connectivity index (χ2v) is 12.9. The summed E-state index contributed by atoms with van der Waals surface area (Å²) in [5, 5.41) is 9.25. The van der Waals surface area contributed by atoms with E-state index in [1.807, 2.05) is 93.6 Å². The number of aliphatic hydroxyl groups excluding tert-OH is 1. The van der Waals surface area contributed by atoms with Gasteiger partial charge in [0.1, 0.15) is 11.6 Å². The number of aryl methyl sites for hydroxylation is 2. The zero-order valence-corrected chi connectivity index (χ0v) is 25.9. The van der Waals surface area contributed by atoms with Crippen LogP contribution in [0.4, 0.5) is 5.69 Å². The SMILES string of the molecule is Cc1cccc(C)c1N1CC=C[C@]23O[C@@]4(C)C=CCN(Cc5ccccc5)C(=O)[C@H]4[C@H]2C(=O)N(CCCCCCO)C3C1=O. The fraction of sp³-hybridized carbons (Fsp3) is 0.472. The highest BCUT2D eigenvalue weighted by molar-refractivity contribution is 6.06. The minimum absolute atomic E-state index is 0.128. The van der Waals surface area contributed by atoms with Gasteiger partial charge in [-0.25, -0.2) is 0 Å². The van der Waals surface area contributed by atoms with E-state index in [2.05, 4.69) is 0 Å². The van der Waals surface area contributed by atoms with Crippen molar-refractivity contribution in [2.45, 2.75) is 70.2 Å². The van der Waals surface area contributed by atoms with E-state index < -0.39 is 29.1 Å². The molecule has 0 aliphatic carbocycles. The van der Waals surface area contributed by atoms with Crippen LogP contribution in [0.15, 0.2) is 72.8 Å². The van der Waals surface area contributed by atoms with Gasteiger partial charge >= 0.3 is 0 Å². The van der Waals surface area contributed by atoms with E-state index in [4.69, 9.17) is 4.74 Å². The van der Waals surface area contributed by atoms with E-state index >= 15 is 0 Å². The summed E-state index contributed by atoms with van der Waals surface area (Å²) in [6, 6.07) is 14.9. The van der Waals surface area contributed by atoms with Crippen molar-refractivity contribution >= 4 is 23.4 Å². The molecule has 3 amide bonds. The molecule has 2 aromatic rings. The normalized spacial score (nSPS) is 29.5. The van der Waals surface area contributed by atoms with Crippen LogP contribution in [0.5, 0.6) is 0 Å². The predicted octanol–water partition coefficient (Wildman–Crippen LogP) is 4.33. The van der Waals surface area contributed by atoms with Crippen LogP contribution >= 0.6 is 0 Å². The minimum atomic E-state index is -1.28. The van der Waals surface area contributed by atoms with E-state index in [1.54, 1.807) is 14.7 Å². The second-order valence-electron chi connectivity index (χ2n) is 12.9. The molecule has 2 saturated heterocycles. The molecule has 6 rings (SSSR count). The van der Waals surface area contributed by atoms with Gasteiger partial charge in [-0.3, -0.25) is 14.4 Å². The maximum absolute atomic E-state index is 14.8. The summed E-state index contributed by atoms with van der Waals surface area (Å²) in [7, 11) is 0. The lowest BCUT2D eigenvalue weighted by atomic mass is 9.74. The number of hydrogen-bond acceptors (Lipinski definition) is 5. The first-order valence-corrected chi connectivity index (χ1v) is 15.9. The molecule has 2 aromatic carbocycles. The van der Waals surface area contributed by atoms with Crippen molar-refractivity contribution in [2.24, 2.45) is 11.8 Å². The van der Waals surface area contributed by atoms with Crippen LogP contribution in [-0.2, 0) is 25.7 Å². The number of amides is 3. The average Bonchev–Trinajstić information content (AvgIpc) is 3.27. The Morgan fingerprint density at radius 3 is 2.25 bits per heavy atom. The quantitative estimate of drug-likeness (QED) is 0.344. The van der Waals surface area contributed by atoms with Crippen LogP contribution in [0.25, 0.3) is 0 Å². The number of nitrogens with zero attached hydrogens (tertiary/aromatic N) is 3. The third-order valence-corrected chi connectivity index (χ3v) is 9.87. The fourth-order valence-electron chi connectivity index (χ4n) is 7.94. The number of likely N-dealkylation sites (tertiary alicyclic amines) is 1. The van der Waals surface area contributed by atoms with E-state index in [1.165, 1.54) is 0 Å². The van der Waals surface area contributed by atoms with Gasteiger partial charge in [0.2, 0.25) is 11.8 Å². The van der Waals surface area contributed by atoms with Crippen LogP contribution < -0.4 is 4.90 Å². The molecule has 1 N–H and O–H groups in total. The highest BCUT2D eigenvalue weighted by Crippen LogP contribution is 2.57. The lowest BCUT2D eigenvalue weighted by molar-refractivity contribution is -0.148. The average molecular weight is 598 g/mol. The van der Waals surface area contributed by atoms with Crippen molar-refractivity contribution in [3.8, 4) is 0 Å². The predicted molar refractivity (Wildman–Crippen MR) is 169 cm³/mol. The lowest BCUT2D eigenvalue weighted by Gasteiger charge is -2.38. The Kier molecular flexibility index (Phi) is 8.24. The first-order chi connectivity index (χ1) is 21.2. The van der Waals surface area contributed by atoms with E-state index in [9.17, 15) is 19.5 Å². The van der Waals surface area contributed by atoms with Gasteiger partial charge in [0, 0.05) is 38.5 Å². The van der Waals surface area contributed by atoms with Crippen LogP contribution in [0.3, 0.4) is 0 Å². The molecule has 1 unspecified atom stereocenters. The molecule has 0 radical (unpaired) electrons. The van der Waals surface area contributed by atoms with Crippen LogP contribution in [-0.4, -0.2) is 76.1 Å². The fourth-order valence-corrected chi connectivity index (χ4v) is 7.94. The maximum atomic E-state index is 14.8. The van der Waals surface area contributed by atoms with E-state index in [-0.39, 0.29) is 24.3 Å². The van der Waals surface area contributed by atoms with Gasteiger partial charge in [-0.15, -0.1) is 0 Å². The molecule has 232 valence electrons. The number of hydrogen-bond donors (Lipinski definition) is 1. The standard InChI is InChI=1S/C36H43N3O5/c1-25-14-11-15-26(2)30(25)38-22-13-19-36-29(33(42)39(31(36)34(38)43)21-9-4-5-10-23-40)28-32(41)37(20-12-18-35(28,3)44-36)24-27-16-7-6-8-17-27/h6-8,11-19,28-29,31,40H,4-5,9-10,20-24H2,1-3H3/t28-,29+,31?,35+,36+/m1/s1. The molecular weight excluding hydrogens is 554 g/mol. The molecule has 2 fully saturated rings. The Bertz CT molecular complexity index is 1470. The minimum Gasteiger partial charge on any atom is -0.396 e. The Labute approximate surface area is 260 Å². The van der Waals surface area contributed by atoms with Crippen molar-refractivity contribution in [2.75, 3.05) is 31.1 Å². The highest BCUT2D eigenvalue weighted by atomic mass is 16.5. The molecule has 5 atom stereocenters. The summed E-state index contributed by atoms with van der Waals surface area (Å²) in [6.45, 7) is 7.60. The molecule has 4 aliphatic heterocycles. The third kappa shape index (κ3) is 4.98. The number of aliphatic hydroxyl groups is 1.